The molecule has 1 fully saturated rings. The van der Waals surface area contributed by atoms with Gasteiger partial charge in [0.15, 0.2) is 0 Å². The van der Waals surface area contributed by atoms with Crippen LogP contribution in [0.3, 0.4) is 0 Å². The van der Waals surface area contributed by atoms with Gasteiger partial charge in [-0.05, 0) is 43.2 Å². The van der Waals surface area contributed by atoms with E-state index in [1.807, 2.05) is 24.3 Å². The van der Waals surface area contributed by atoms with Crippen LogP contribution in [0, 0.1) is 11.3 Å². The molecule has 0 spiro atoms. The van der Waals surface area contributed by atoms with Crippen molar-refractivity contribution in [3.8, 4) is 6.07 Å². The van der Waals surface area contributed by atoms with Crippen molar-refractivity contribution in [3.05, 3.63) is 35.9 Å². The lowest BCUT2D eigenvalue weighted by Gasteiger charge is -2.28. The fourth-order valence-electron chi connectivity index (χ4n) is 2.75. The van der Waals surface area contributed by atoms with Crippen LogP contribution in [0.25, 0.3) is 10.9 Å². The lowest BCUT2D eigenvalue weighted by atomic mass is 9.92. The molecule has 0 amide bonds. The number of aliphatic hydroxyl groups excluding tert-OH is 1. The second-order valence-corrected chi connectivity index (χ2v) is 5.32. The molecule has 4 nitrogen and oxygen atoms in total. The maximum Gasteiger partial charge on any atom is 0.126 e. The zero-order chi connectivity index (χ0) is 13.9. The van der Waals surface area contributed by atoms with Gasteiger partial charge in [0.1, 0.15) is 5.82 Å². The summed E-state index contributed by atoms with van der Waals surface area (Å²) < 4.78 is 0. The van der Waals surface area contributed by atoms with Gasteiger partial charge >= 0.3 is 0 Å². The quantitative estimate of drug-likeness (QED) is 0.878. The highest BCUT2D eigenvalue weighted by molar-refractivity contribution is 5.81. The van der Waals surface area contributed by atoms with Crippen molar-refractivity contribution in [2.75, 3.05) is 5.32 Å². The summed E-state index contributed by atoms with van der Waals surface area (Å²) in [6.45, 7) is 0. The smallest absolute Gasteiger partial charge is 0.126 e. The second-order valence-electron chi connectivity index (χ2n) is 5.32. The number of hydrogen-bond acceptors (Lipinski definition) is 4. The van der Waals surface area contributed by atoms with Gasteiger partial charge in [-0.3, -0.25) is 0 Å². The third-order valence-electron chi connectivity index (χ3n) is 3.88. The summed E-state index contributed by atoms with van der Waals surface area (Å²) in [4.78, 5) is 4.55. The van der Waals surface area contributed by atoms with E-state index in [0.29, 0.717) is 5.56 Å². The Morgan fingerprint density at radius 3 is 2.85 bits per heavy atom. The van der Waals surface area contributed by atoms with E-state index in [-0.39, 0.29) is 12.1 Å². The monoisotopic (exact) mass is 267 g/mol. The normalized spacial score (nSPS) is 22.4. The van der Waals surface area contributed by atoms with Crippen molar-refractivity contribution in [1.82, 2.24) is 4.98 Å². The lowest BCUT2D eigenvalue weighted by Crippen LogP contribution is -2.36. The summed E-state index contributed by atoms with van der Waals surface area (Å²) in [6.07, 6.45) is 3.79. The number of rotatable bonds is 2. The molecule has 0 aliphatic heterocycles. The topological polar surface area (TPSA) is 68.9 Å². The highest BCUT2D eigenvalue weighted by Crippen LogP contribution is 2.23. The summed E-state index contributed by atoms with van der Waals surface area (Å²) in [6, 6.07) is 11.6. The first-order valence-corrected chi connectivity index (χ1v) is 7.02. The maximum absolute atomic E-state index is 9.99. The first-order valence-electron chi connectivity index (χ1n) is 7.02. The molecule has 1 aromatic carbocycles. The molecule has 1 aliphatic rings. The number of nitriles is 1. The van der Waals surface area contributed by atoms with Crippen molar-refractivity contribution in [1.29, 1.82) is 5.26 Å². The first-order chi connectivity index (χ1) is 9.76. The molecule has 4 heteroatoms. The predicted octanol–water partition coefficient (Wildman–Crippen LogP) is 2.82. The van der Waals surface area contributed by atoms with Gasteiger partial charge in [0.2, 0.25) is 0 Å². The van der Waals surface area contributed by atoms with Gasteiger partial charge < -0.3 is 10.4 Å². The largest absolute Gasteiger partial charge is 0.391 e. The number of nitrogens with zero attached hydrogens (tertiary/aromatic N) is 2. The van der Waals surface area contributed by atoms with Crippen LogP contribution >= 0.6 is 0 Å². The van der Waals surface area contributed by atoms with Crippen LogP contribution in [0.1, 0.15) is 31.2 Å². The van der Waals surface area contributed by atoms with Crippen LogP contribution in [-0.2, 0) is 0 Å². The number of anilines is 1. The van der Waals surface area contributed by atoms with Crippen LogP contribution < -0.4 is 5.32 Å². The minimum atomic E-state index is -0.290. The molecule has 2 N–H and O–H groups in total. The van der Waals surface area contributed by atoms with Gasteiger partial charge in [-0.25, -0.2) is 4.98 Å². The Hall–Kier alpha value is -2.12. The van der Waals surface area contributed by atoms with Crippen molar-refractivity contribution < 1.29 is 5.11 Å². The average molecular weight is 267 g/mol. The first kappa shape index (κ1) is 12.9. The number of aromatic nitrogens is 1. The van der Waals surface area contributed by atoms with Crippen LogP contribution in [0.5, 0.6) is 0 Å². The van der Waals surface area contributed by atoms with E-state index in [9.17, 15) is 5.11 Å². The van der Waals surface area contributed by atoms with Crippen molar-refractivity contribution in [3.63, 3.8) is 0 Å². The second kappa shape index (κ2) is 5.48. The fourth-order valence-corrected chi connectivity index (χ4v) is 2.75. The zero-order valence-electron chi connectivity index (χ0n) is 11.2. The molecule has 2 atom stereocenters. The lowest BCUT2D eigenvalue weighted by molar-refractivity contribution is 0.116. The molecule has 1 aliphatic carbocycles. The van der Waals surface area contributed by atoms with Crippen LogP contribution in [0.15, 0.2) is 30.3 Å². The van der Waals surface area contributed by atoms with Gasteiger partial charge in [0.05, 0.1) is 29.3 Å². The average Bonchev–Trinajstić information content (AvgIpc) is 2.49. The number of fused-ring (bicyclic) bond motifs is 1. The molecule has 0 bridgehead atoms. The number of pyridine rings is 1. The number of aliphatic hydroxyl groups is 1. The maximum atomic E-state index is 9.99. The van der Waals surface area contributed by atoms with Crippen molar-refractivity contribution >= 4 is 16.7 Å². The van der Waals surface area contributed by atoms with Crippen LogP contribution in [-0.4, -0.2) is 22.2 Å². The third-order valence-corrected chi connectivity index (χ3v) is 3.88. The summed E-state index contributed by atoms with van der Waals surface area (Å²) in [5.74, 6) is 0.785. The number of benzene rings is 1. The Labute approximate surface area is 118 Å². The Kier molecular flexibility index (Phi) is 3.53. The van der Waals surface area contributed by atoms with Crippen LogP contribution in [0.2, 0.25) is 0 Å². The summed E-state index contributed by atoms with van der Waals surface area (Å²) >= 11 is 0. The Morgan fingerprint density at radius 2 is 2.05 bits per heavy atom. The van der Waals surface area contributed by atoms with Crippen molar-refractivity contribution in [2.24, 2.45) is 0 Å². The minimum Gasteiger partial charge on any atom is -0.391 e. The summed E-state index contributed by atoms with van der Waals surface area (Å²) in [5.41, 5.74) is 1.50. The summed E-state index contributed by atoms with van der Waals surface area (Å²) in [7, 11) is 0. The Morgan fingerprint density at radius 1 is 1.20 bits per heavy atom. The molecule has 0 radical (unpaired) electrons. The van der Waals surface area contributed by atoms with E-state index >= 15 is 0 Å². The molecular formula is C16H17N3O. The molecule has 20 heavy (non-hydrogen) atoms. The molecule has 2 aromatic rings. The van der Waals surface area contributed by atoms with Gasteiger partial charge in [-0.1, -0.05) is 12.8 Å². The highest BCUT2D eigenvalue weighted by atomic mass is 16.3. The van der Waals surface area contributed by atoms with E-state index in [2.05, 4.69) is 16.4 Å². The number of hydrogen-bond donors (Lipinski definition) is 2. The minimum absolute atomic E-state index is 0.0899. The molecule has 102 valence electrons. The van der Waals surface area contributed by atoms with Gasteiger partial charge in [0.25, 0.3) is 0 Å². The molecule has 1 saturated carbocycles. The molecule has 3 rings (SSSR count). The van der Waals surface area contributed by atoms with E-state index < -0.39 is 0 Å². The van der Waals surface area contributed by atoms with E-state index in [1.165, 1.54) is 0 Å². The zero-order valence-corrected chi connectivity index (χ0v) is 11.2. The fraction of sp³-hybridized carbons (Fsp3) is 0.375. The molecule has 0 saturated heterocycles. The molecular weight excluding hydrogens is 250 g/mol. The van der Waals surface area contributed by atoms with Gasteiger partial charge in [-0.2, -0.15) is 5.26 Å². The molecule has 1 aromatic heterocycles. The molecule has 0 unspecified atom stereocenters. The van der Waals surface area contributed by atoms with Gasteiger partial charge in [-0.15, -0.1) is 0 Å². The summed E-state index contributed by atoms with van der Waals surface area (Å²) in [5, 5.41) is 23.2. The molecule has 1 heterocycles. The Balaban J connectivity index is 1.84. The van der Waals surface area contributed by atoms with Crippen LogP contribution in [0.4, 0.5) is 5.82 Å². The van der Waals surface area contributed by atoms with E-state index in [1.54, 1.807) is 6.07 Å². The standard InChI is InChI=1S/C16H17N3O/c17-10-11-5-7-13-12(9-11)6-8-16(18-13)19-14-3-1-2-4-15(14)20/h5-9,14-15,20H,1-4H2,(H,18,19)/t14-,15-/m0/s1. The number of nitrogens with one attached hydrogen (secondary N) is 1. The Bertz CT molecular complexity index is 662. The van der Waals surface area contributed by atoms with Crippen molar-refractivity contribution in [2.45, 2.75) is 37.8 Å². The van der Waals surface area contributed by atoms with E-state index in [4.69, 9.17) is 5.26 Å². The third kappa shape index (κ3) is 2.59. The highest BCUT2D eigenvalue weighted by Gasteiger charge is 2.22. The predicted molar refractivity (Wildman–Crippen MR) is 78.3 cm³/mol. The van der Waals surface area contributed by atoms with Gasteiger partial charge in [0, 0.05) is 5.39 Å². The SMILES string of the molecule is N#Cc1ccc2nc(N[C@H]3CCCC[C@@H]3O)ccc2c1. The van der Waals surface area contributed by atoms with E-state index in [0.717, 1.165) is 42.4 Å².